The quantitative estimate of drug-likeness (QED) is 0.0397. The Morgan fingerprint density at radius 2 is 0.682 bits per heavy atom. The van der Waals surface area contributed by atoms with Gasteiger partial charge >= 0.3 is 5.97 Å². The number of carbonyl (C=O) groups is 9. The van der Waals surface area contributed by atoms with E-state index in [1.54, 1.807) is 88.4 Å². The fourth-order valence-electron chi connectivity index (χ4n) is 9.91. The topological polar surface area (TPSA) is 438 Å². The molecule has 0 saturated carbocycles. The van der Waals surface area contributed by atoms with Crippen LogP contribution in [0.1, 0.15) is 149 Å². The molecule has 22 N–H and O–H groups in total. The average molecular weight is 1240 g/mol. The highest BCUT2D eigenvalue weighted by molar-refractivity contribution is 5.98. The minimum atomic E-state index is -1.27. The van der Waals surface area contributed by atoms with Crippen molar-refractivity contribution >= 4 is 53.2 Å². The first-order chi connectivity index (χ1) is 42.0. The Kier molecular flexibility index (Phi) is 38.7. The predicted molar refractivity (Wildman–Crippen MR) is 342 cm³/mol. The normalized spacial score (nSPS) is 14.9. The van der Waals surface area contributed by atoms with Gasteiger partial charge in [0.05, 0.1) is 12.1 Å². The molecule has 0 aliphatic rings. The summed E-state index contributed by atoms with van der Waals surface area (Å²) < 4.78 is 0. The van der Waals surface area contributed by atoms with Gasteiger partial charge in [-0.2, -0.15) is 0 Å². The van der Waals surface area contributed by atoms with Gasteiger partial charge in [0.1, 0.15) is 42.3 Å². The minimum absolute atomic E-state index is 0.00476. The molecule has 0 heterocycles. The van der Waals surface area contributed by atoms with Crippen LogP contribution >= 0.6 is 0 Å². The summed E-state index contributed by atoms with van der Waals surface area (Å²) in [6.45, 7) is 12.7. The second-order valence-electron chi connectivity index (χ2n) is 23.8. The van der Waals surface area contributed by atoms with Crippen molar-refractivity contribution in [2.75, 3.05) is 39.3 Å². The van der Waals surface area contributed by atoms with Gasteiger partial charge in [-0.15, -0.1) is 0 Å². The van der Waals surface area contributed by atoms with Crippen LogP contribution in [0.25, 0.3) is 0 Å². The van der Waals surface area contributed by atoms with E-state index in [4.69, 9.17) is 34.4 Å². The van der Waals surface area contributed by atoms with E-state index >= 15 is 0 Å². The van der Waals surface area contributed by atoms with Crippen molar-refractivity contribution in [2.24, 2.45) is 52.2 Å². The smallest absolute Gasteiger partial charge is 0.326 e. The second kappa shape index (κ2) is 43.9. The molecule has 10 atom stereocenters. The van der Waals surface area contributed by atoms with E-state index in [-0.39, 0.29) is 63.1 Å². The van der Waals surface area contributed by atoms with Gasteiger partial charge in [0.15, 0.2) is 0 Å². The molecular weight excluding hydrogens is 1130 g/mol. The molecule has 0 aliphatic carbocycles. The van der Waals surface area contributed by atoms with E-state index in [2.05, 4.69) is 47.9 Å². The Hall–Kier alpha value is -6.61. The van der Waals surface area contributed by atoms with E-state index in [0.29, 0.717) is 95.1 Å². The highest BCUT2D eigenvalue weighted by Gasteiger charge is 2.37. The zero-order valence-corrected chi connectivity index (χ0v) is 53.1. The van der Waals surface area contributed by atoms with E-state index in [0.717, 1.165) is 19.3 Å². The summed E-state index contributed by atoms with van der Waals surface area (Å²) in [5, 5.41) is 35.9. The monoisotopic (exact) mass is 1240 g/mol. The maximum Gasteiger partial charge on any atom is 0.326 e. The highest BCUT2D eigenvalue weighted by atomic mass is 16.4. The van der Waals surface area contributed by atoms with Gasteiger partial charge in [-0.25, -0.2) is 4.79 Å². The van der Waals surface area contributed by atoms with E-state index in [1.807, 2.05) is 13.8 Å². The van der Waals surface area contributed by atoms with Crippen molar-refractivity contribution in [3.05, 3.63) is 71.8 Å². The molecule has 2 aromatic carbocycles. The molecule has 25 nitrogen and oxygen atoms in total. The number of rotatable bonds is 47. The third-order valence-corrected chi connectivity index (χ3v) is 15.2. The van der Waals surface area contributed by atoms with Gasteiger partial charge in [-0.05, 0) is 145 Å². The molecule has 88 heavy (non-hydrogen) atoms. The first kappa shape index (κ1) is 77.5. The molecular formula is C63H109N15O10. The number of carboxylic acids is 1. The van der Waals surface area contributed by atoms with Crippen LogP contribution in [-0.2, 0) is 56.0 Å². The first-order valence-electron chi connectivity index (χ1n) is 31.7. The number of nitrogens with two attached hydrogens (primary N) is 6. The van der Waals surface area contributed by atoms with Crippen molar-refractivity contribution < 1.29 is 48.3 Å². The van der Waals surface area contributed by atoms with E-state index < -0.39 is 114 Å². The van der Waals surface area contributed by atoms with Crippen molar-refractivity contribution in [3.8, 4) is 0 Å². The van der Waals surface area contributed by atoms with E-state index in [9.17, 15) is 48.3 Å². The lowest BCUT2D eigenvalue weighted by molar-refractivity contribution is -0.142. The van der Waals surface area contributed by atoms with Crippen molar-refractivity contribution in [2.45, 2.75) is 211 Å². The molecule has 0 fully saturated rings. The fourth-order valence-corrected chi connectivity index (χ4v) is 9.91. The van der Waals surface area contributed by atoms with Gasteiger partial charge in [0.25, 0.3) is 0 Å². The summed E-state index contributed by atoms with van der Waals surface area (Å²) in [6.07, 6.45) is 7.01. The average Bonchev–Trinajstić information content (AvgIpc) is 3.69. The number of nitrogens with one attached hydrogen (secondary N) is 9. The Morgan fingerprint density at radius 1 is 0.364 bits per heavy atom. The molecule has 0 bridgehead atoms. The van der Waals surface area contributed by atoms with Crippen LogP contribution in [-0.4, -0.2) is 158 Å². The lowest BCUT2D eigenvalue weighted by Gasteiger charge is -2.30. The Balaban J connectivity index is 2.45. The Labute approximate surface area is 521 Å². The fraction of sp³-hybridized carbons (Fsp3) is 0.667. The summed E-state index contributed by atoms with van der Waals surface area (Å²) in [5.74, 6) is -7.62. The maximum absolute atomic E-state index is 14.7. The summed E-state index contributed by atoms with van der Waals surface area (Å²) >= 11 is 0. The molecule has 0 unspecified atom stereocenters. The largest absolute Gasteiger partial charge is 0.480 e. The summed E-state index contributed by atoms with van der Waals surface area (Å²) in [4.78, 5) is 126. The van der Waals surface area contributed by atoms with Crippen LogP contribution in [0.2, 0.25) is 0 Å². The molecule has 25 heteroatoms. The highest BCUT2D eigenvalue weighted by Crippen LogP contribution is 2.15. The maximum atomic E-state index is 14.7. The number of amides is 8. The Bertz CT molecular complexity index is 2390. The summed E-state index contributed by atoms with van der Waals surface area (Å²) in [6, 6.07) is 7.23. The molecule has 2 aromatic rings. The van der Waals surface area contributed by atoms with Crippen LogP contribution in [0.4, 0.5) is 0 Å². The second-order valence-corrected chi connectivity index (χ2v) is 23.8. The van der Waals surface area contributed by atoms with Gasteiger partial charge in [-0.3, -0.25) is 38.4 Å². The molecule has 8 amide bonds. The predicted octanol–water partition coefficient (Wildman–Crippen LogP) is 0.333. The van der Waals surface area contributed by atoms with Crippen molar-refractivity contribution in [1.82, 2.24) is 47.9 Å². The van der Waals surface area contributed by atoms with Crippen molar-refractivity contribution in [3.63, 3.8) is 0 Å². The molecule has 0 spiro atoms. The standard InChI is InChI=1S/C63H109N15O10/c1-40(2)52(70-39-45(27-13-18-32-64)71-55(79)46(69)28-14-19-33-65)60(84)78-54(42(5)6)62(86)76-51(38-44-25-11-8-12-26-44)58(82)72-48(30-16-21-35-67)57(81)77-53(41(3)4)61(85)73-47(29-15-20-34-66)56(80)75-50(37-43-23-9-7-10-24-43)59(83)74-49(63(87)88)31-17-22-36-68/h7-12,23-26,40-42,45-54,70H,13-22,27-39,64-69H2,1-6H3,(H,71,79)(H,72,82)(H,73,85)(H,74,83)(H,75,80)(H,76,86)(H,77,81)(H,78,84)(H,87,88)/t45-,46-,47-,48-,49-,50-,51-,52-,53-,54-/m0/s1. The number of hydrogen-bond acceptors (Lipinski definition) is 16. The molecule has 0 radical (unpaired) electrons. The number of unbranched alkanes of at least 4 members (excludes halogenated alkanes) is 5. The minimum Gasteiger partial charge on any atom is -0.480 e. The zero-order chi connectivity index (χ0) is 65.6. The van der Waals surface area contributed by atoms with Crippen LogP contribution in [0, 0.1) is 17.8 Å². The van der Waals surface area contributed by atoms with Crippen LogP contribution in [0.5, 0.6) is 0 Å². The molecule has 0 aromatic heterocycles. The first-order valence-corrected chi connectivity index (χ1v) is 31.7. The Morgan fingerprint density at radius 3 is 1.09 bits per heavy atom. The number of carbonyl (C=O) groups excluding carboxylic acids is 8. The molecule has 0 aliphatic heterocycles. The zero-order valence-electron chi connectivity index (χ0n) is 53.1. The number of benzene rings is 2. The number of aliphatic carboxylic acids is 1. The summed E-state index contributed by atoms with van der Waals surface area (Å²) in [5.41, 5.74) is 36.3. The van der Waals surface area contributed by atoms with Gasteiger partial charge < -0.3 is 87.4 Å². The molecule has 496 valence electrons. The van der Waals surface area contributed by atoms with Crippen LogP contribution < -0.4 is 82.3 Å². The third kappa shape index (κ3) is 30.1. The third-order valence-electron chi connectivity index (χ3n) is 15.2. The SMILES string of the molecule is CC(C)[C@H](NC[C@H](CCCCN)NC(=O)[C@@H](N)CCCCN)C(=O)N[C@H](C(=O)N[C@@H](Cc1ccccc1)C(=O)N[C@@H](CCCCN)C(=O)N[C@H](C(=O)N[C@@H](CCCCN)C(=O)N[C@@H](Cc1ccccc1)C(=O)N[C@@H](CCCCN)C(=O)O)C(C)C)C(C)C. The van der Waals surface area contributed by atoms with Gasteiger partial charge in [0, 0.05) is 25.4 Å². The van der Waals surface area contributed by atoms with Crippen molar-refractivity contribution in [1.29, 1.82) is 0 Å². The molecule has 0 saturated heterocycles. The van der Waals surface area contributed by atoms with Gasteiger partial charge in [-0.1, -0.05) is 115 Å². The van der Waals surface area contributed by atoms with Gasteiger partial charge in [0.2, 0.25) is 47.3 Å². The number of carboxylic acid groups (broad SMARTS) is 1. The van der Waals surface area contributed by atoms with E-state index in [1.165, 1.54) is 0 Å². The van der Waals surface area contributed by atoms with Crippen LogP contribution in [0.15, 0.2) is 60.7 Å². The van der Waals surface area contributed by atoms with Crippen LogP contribution in [0.3, 0.4) is 0 Å². The summed E-state index contributed by atoms with van der Waals surface area (Å²) in [7, 11) is 0. The number of hydrogen-bond donors (Lipinski definition) is 16. The molecule has 2 rings (SSSR count). The lowest BCUT2D eigenvalue weighted by atomic mass is 9.98. The lowest BCUT2D eigenvalue weighted by Crippen LogP contribution is -2.62.